The van der Waals surface area contributed by atoms with E-state index in [9.17, 15) is 4.79 Å². The minimum atomic E-state index is -0.0338. The number of nitrogens with one attached hydrogen (secondary N) is 1. The zero-order valence-corrected chi connectivity index (χ0v) is 12.0. The second kappa shape index (κ2) is 6.39. The summed E-state index contributed by atoms with van der Waals surface area (Å²) >= 11 is 7.28. The molecule has 98 valence electrons. The molecular formula is C14H18ClNOS. The van der Waals surface area contributed by atoms with Crippen LogP contribution in [0.5, 0.6) is 0 Å². The van der Waals surface area contributed by atoms with Gasteiger partial charge in [-0.05, 0) is 37.3 Å². The zero-order chi connectivity index (χ0) is 13.0. The normalized spacial score (nSPS) is 15.4. The molecule has 1 aromatic rings. The Hall–Kier alpha value is -0.800. The third-order valence-corrected chi connectivity index (χ3v) is 4.53. The summed E-state index contributed by atoms with van der Waals surface area (Å²) < 4.78 is 0. The van der Waals surface area contributed by atoms with Gasteiger partial charge in [0.1, 0.15) is 0 Å². The molecule has 0 atom stereocenters. The van der Waals surface area contributed by atoms with Gasteiger partial charge in [0.05, 0.1) is 11.4 Å². The first-order valence-corrected chi connectivity index (χ1v) is 7.59. The van der Waals surface area contributed by atoms with Crippen molar-refractivity contribution < 1.29 is 4.79 Å². The van der Waals surface area contributed by atoms with E-state index in [-0.39, 0.29) is 5.91 Å². The molecule has 0 radical (unpaired) electrons. The van der Waals surface area contributed by atoms with Gasteiger partial charge >= 0.3 is 0 Å². The van der Waals surface area contributed by atoms with Gasteiger partial charge in [0.15, 0.2) is 0 Å². The van der Waals surface area contributed by atoms with E-state index in [0.717, 1.165) is 17.7 Å². The zero-order valence-electron chi connectivity index (χ0n) is 10.4. The van der Waals surface area contributed by atoms with Crippen LogP contribution in [0, 0.1) is 0 Å². The van der Waals surface area contributed by atoms with E-state index < -0.39 is 0 Å². The highest BCUT2D eigenvalue weighted by Crippen LogP contribution is 2.28. The lowest BCUT2D eigenvalue weighted by molar-refractivity contribution is 0.0961. The lowest BCUT2D eigenvalue weighted by Crippen LogP contribution is -2.23. The van der Waals surface area contributed by atoms with Crippen LogP contribution in [-0.2, 0) is 12.8 Å². The van der Waals surface area contributed by atoms with Crippen LogP contribution in [0.3, 0.4) is 0 Å². The molecule has 0 saturated heterocycles. The van der Waals surface area contributed by atoms with Crippen LogP contribution in [0.1, 0.15) is 45.8 Å². The number of thiophene rings is 1. The maximum atomic E-state index is 11.9. The molecule has 0 fully saturated rings. The first-order chi connectivity index (χ1) is 8.66. The number of halogens is 1. The lowest BCUT2D eigenvalue weighted by atomic mass is 10.00. The minimum absolute atomic E-state index is 0.0338. The molecule has 0 unspecified atom stereocenters. The number of carbonyl (C=O) groups is 1. The molecule has 4 heteroatoms. The fourth-order valence-electron chi connectivity index (χ4n) is 2.22. The molecule has 2 nitrogen and oxygen atoms in total. The van der Waals surface area contributed by atoms with Gasteiger partial charge in [-0.15, -0.1) is 11.3 Å². The summed E-state index contributed by atoms with van der Waals surface area (Å²) in [7, 11) is 0. The average Bonchev–Trinajstić information content (AvgIpc) is 2.68. The summed E-state index contributed by atoms with van der Waals surface area (Å²) in [6, 6.07) is 2.05. The average molecular weight is 284 g/mol. The van der Waals surface area contributed by atoms with E-state index in [0.29, 0.717) is 11.6 Å². The molecule has 0 aliphatic heterocycles. The van der Waals surface area contributed by atoms with Gasteiger partial charge in [-0.1, -0.05) is 31.0 Å². The molecule has 1 aliphatic carbocycles. The second-order valence-electron chi connectivity index (χ2n) is 4.67. The van der Waals surface area contributed by atoms with Crippen molar-refractivity contribution in [3.8, 4) is 0 Å². The Balaban J connectivity index is 2.07. The molecule has 1 aromatic heterocycles. The van der Waals surface area contributed by atoms with E-state index in [4.69, 9.17) is 11.6 Å². The maximum Gasteiger partial charge on any atom is 0.261 e. The lowest BCUT2D eigenvalue weighted by Gasteiger charge is -2.07. The number of carbonyl (C=O) groups excluding carboxylic acids is 1. The van der Waals surface area contributed by atoms with Gasteiger partial charge in [0.2, 0.25) is 0 Å². The smallest absolute Gasteiger partial charge is 0.261 e. The number of rotatable bonds is 3. The van der Waals surface area contributed by atoms with E-state index in [1.165, 1.54) is 36.1 Å². The van der Waals surface area contributed by atoms with Gasteiger partial charge < -0.3 is 5.32 Å². The van der Waals surface area contributed by atoms with E-state index in [1.54, 1.807) is 11.3 Å². The fourth-order valence-corrected chi connectivity index (χ4v) is 3.46. The molecular weight excluding hydrogens is 266 g/mol. The van der Waals surface area contributed by atoms with Crippen LogP contribution in [0.2, 0.25) is 0 Å². The molecule has 0 saturated carbocycles. The Bertz CT molecular complexity index is 427. The van der Waals surface area contributed by atoms with Crippen molar-refractivity contribution in [3.05, 3.63) is 33.0 Å². The summed E-state index contributed by atoms with van der Waals surface area (Å²) in [5, 5.41) is 3.24. The van der Waals surface area contributed by atoms with E-state index in [1.807, 2.05) is 0 Å². The molecule has 1 amide bonds. The van der Waals surface area contributed by atoms with Gasteiger partial charge in [0.25, 0.3) is 5.91 Å². The first kappa shape index (κ1) is 13.6. The highest BCUT2D eigenvalue weighted by Gasteiger charge is 2.15. The minimum Gasteiger partial charge on any atom is -0.346 e. The summed E-state index contributed by atoms with van der Waals surface area (Å²) in [6.07, 6.45) is 7.33. The van der Waals surface area contributed by atoms with Crippen LogP contribution in [-0.4, -0.2) is 12.5 Å². The van der Waals surface area contributed by atoms with Gasteiger partial charge in [0, 0.05) is 9.91 Å². The maximum absolute atomic E-state index is 11.9. The number of hydrogen-bond acceptors (Lipinski definition) is 2. The van der Waals surface area contributed by atoms with Gasteiger partial charge in [-0.25, -0.2) is 0 Å². The Morgan fingerprint density at radius 1 is 1.33 bits per heavy atom. The molecule has 0 bridgehead atoms. The van der Waals surface area contributed by atoms with Gasteiger partial charge in [-0.3, -0.25) is 4.79 Å². The van der Waals surface area contributed by atoms with Crippen molar-refractivity contribution in [1.29, 1.82) is 0 Å². The number of aryl methyl sites for hydroxylation is 2. The van der Waals surface area contributed by atoms with Crippen LogP contribution in [0.4, 0.5) is 0 Å². The Labute approximate surface area is 117 Å². The fraction of sp³-hybridized carbons (Fsp3) is 0.500. The van der Waals surface area contributed by atoms with Crippen LogP contribution >= 0.6 is 22.9 Å². The molecule has 0 spiro atoms. The summed E-state index contributed by atoms with van der Waals surface area (Å²) in [5.41, 5.74) is 1.37. The first-order valence-electron chi connectivity index (χ1n) is 6.40. The highest BCUT2D eigenvalue weighted by molar-refractivity contribution is 7.14. The Morgan fingerprint density at radius 3 is 2.78 bits per heavy atom. The monoisotopic (exact) mass is 283 g/mol. The third-order valence-electron chi connectivity index (χ3n) is 3.16. The second-order valence-corrected chi connectivity index (χ2v) is 6.34. The quantitative estimate of drug-likeness (QED) is 0.896. The third kappa shape index (κ3) is 3.59. The number of hydrogen-bond donors (Lipinski definition) is 1. The van der Waals surface area contributed by atoms with Crippen molar-refractivity contribution in [3.63, 3.8) is 0 Å². The molecule has 1 aliphatic rings. The summed E-state index contributed by atoms with van der Waals surface area (Å²) in [5.74, 6) is -0.0338. The van der Waals surface area contributed by atoms with Crippen molar-refractivity contribution in [2.45, 2.75) is 38.5 Å². The van der Waals surface area contributed by atoms with Crippen molar-refractivity contribution in [2.75, 3.05) is 6.54 Å². The topological polar surface area (TPSA) is 29.1 Å². The van der Waals surface area contributed by atoms with Crippen LogP contribution in [0.25, 0.3) is 0 Å². The standard InChI is InChI=1S/C14H18ClNOS/c1-10(15)9-16-14(17)13-8-11-6-4-2-3-5-7-12(11)18-13/h8H,1-7,9H2,(H,16,17). The largest absolute Gasteiger partial charge is 0.346 e. The Kier molecular flexibility index (Phi) is 4.84. The van der Waals surface area contributed by atoms with E-state index in [2.05, 4.69) is 18.0 Å². The summed E-state index contributed by atoms with van der Waals surface area (Å²) in [4.78, 5) is 14.1. The van der Waals surface area contributed by atoms with Gasteiger partial charge in [-0.2, -0.15) is 0 Å². The van der Waals surface area contributed by atoms with Crippen LogP contribution in [0.15, 0.2) is 17.7 Å². The molecule has 0 aromatic carbocycles. The molecule has 1 heterocycles. The molecule has 2 rings (SSSR count). The van der Waals surface area contributed by atoms with Crippen molar-refractivity contribution in [1.82, 2.24) is 5.32 Å². The Morgan fingerprint density at radius 2 is 2.06 bits per heavy atom. The predicted molar refractivity (Wildman–Crippen MR) is 77.5 cm³/mol. The molecule has 1 N–H and O–H groups in total. The van der Waals surface area contributed by atoms with Crippen molar-refractivity contribution >= 4 is 28.8 Å². The number of fused-ring (bicyclic) bond motifs is 1. The highest BCUT2D eigenvalue weighted by atomic mass is 35.5. The van der Waals surface area contributed by atoms with E-state index >= 15 is 0 Å². The predicted octanol–water partition coefficient (Wildman–Crippen LogP) is 3.89. The molecule has 18 heavy (non-hydrogen) atoms. The number of amides is 1. The summed E-state index contributed by atoms with van der Waals surface area (Å²) in [6.45, 7) is 3.90. The van der Waals surface area contributed by atoms with Crippen LogP contribution < -0.4 is 5.32 Å². The SMILES string of the molecule is C=C(Cl)CNC(=O)c1cc2c(s1)CCCCCC2. The van der Waals surface area contributed by atoms with Crippen molar-refractivity contribution in [2.24, 2.45) is 0 Å².